The maximum absolute atomic E-state index is 13.6. The van der Waals surface area contributed by atoms with E-state index in [4.69, 9.17) is 0 Å². The van der Waals surface area contributed by atoms with Crippen LogP contribution in [0.3, 0.4) is 0 Å². The third kappa shape index (κ3) is 4.44. The van der Waals surface area contributed by atoms with Crippen LogP contribution in [0.15, 0.2) is 71.5 Å². The molecule has 0 amide bonds. The summed E-state index contributed by atoms with van der Waals surface area (Å²) in [4.78, 5) is 18.9. The summed E-state index contributed by atoms with van der Waals surface area (Å²) in [7, 11) is 0. The monoisotopic (exact) mass is 494 g/mol. The molecule has 1 N–H and O–H groups in total. The molecule has 0 unspecified atom stereocenters. The van der Waals surface area contributed by atoms with Gasteiger partial charge in [0.25, 0.3) is 5.56 Å². The molecule has 0 bridgehead atoms. The van der Waals surface area contributed by atoms with Crippen LogP contribution < -0.4 is 5.56 Å². The second-order valence-electron chi connectivity index (χ2n) is 9.79. The number of H-pyrrole nitrogens is 1. The van der Waals surface area contributed by atoms with E-state index < -0.39 is 6.04 Å². The molecular weight excluding hydrogens is 467 g/mol. The lowest BCUT2D eigenvalue weighted by Crippen LogP contribution is -2.38. The van der Waals surface area contributed by atoms with Gasteiger partial charge in [-0.3, -0.25) is 9.69 Å². The van der Waals surface area contributed by atoms with E-state index in [0.717, 1.165) is 40.6 Å². The smallest absolute Gasteiger partial charge is 0.253 e. The average molecular weight is 495 g/mol. The van der Waals surface area contributed by atoms with E-state index in [-0.39, 0.29) is 11.4 Å². The van der Waals surface area contributed by atoms with Gasteiger partial charge in [-0.2, -0.15) is 0 Å². The van der Waals surface area contributed by atoms with Gasteiger partial charge in [0.2, 0.25) is 0 Å². The van der Waals surface area contributed by atoms with E-state index in [0.29, 0.717) is 24.5 Å². The van der Waals surface area contributed by atoms with Crippen LogP contribution in [0.4, 0.5) is 4.39 Å². The number of hydrogen-bond donors (Lipinski definition) is 1. The summed E-state index contributed by atoms with van der Waals surface area (Å²) in [6.45, 7) is 5.91. The van der Waals surface area contributed by atoms with Gasteiger partial charge in [0.15, 0.2) is 5.82 Å². The van der Waals surface area contributed by atoms with E-state index >= 15 is 0 Å². The predicted octanol–water partition coefficient (Wildman–Crippen LogP) is 4.47. The molecule has 5 aromatic rings. The van der Waals surface area contributed by atoms with Gasteiger partial charge in [-0.05, 0) is 94.2 Å². The minimum absolute atomic E-state index is 0.157. The van der Waals surface area contributed by atoms with Gasteiger partial charge in [-0.1, -0.05) is 36.4 Å². The van der Waals surface area contributed by atoms with E-state index in [1.54, 1.807) is 16.8 Å². The van der Waals surface area contributed by atoms with Crippen LogP contribution in [-0.4, -0.2) is 36.6 Å². The maximum atomic E-state index is 13.6. The third-order valence-electron chi connectivity index (χ3n) is 7.36. The molecule has 0 radical (unpaired) electrons. The lowest BCUT2D eigenvalue weighted by molar-refractivity contribution is 0.194. The normalized spacial score (nSPS) is 14.6. The molecule has 186 valence electrons. The summed E-state index contributed by atoms with van der Waals surface area (Å²) in [6.07, 6.45) is 0.871. The maximum Gasteiger partial charge on any atom is 0.253 e. The van der Waals surface area contributed by atoms with Crippen LogP contribution >= 0.6 is 0 Å². The Morgan fingerprint density at radius 3 is 2.57 bits per heavy atom. The van der Waals surface area contributed by atoms with Crippen molar-refractivity contribution >= 4 is 10.9 Å². The Morgan fingerprint density at radius 1 is 1.00 bits per heavy atom. The Morgan fingerprint density at radius 2 is 1.76 bits per heavy atom. The number of rotatable bonds is 5. The molecule has 0 saturated carbocycles. The van der Waals surface area contributed by atoms with Crippen molar-refractivity contribution in [2.45, 2.75) is 39.4 Å². The highest BCUT2D eigenvalue weighted by atomic mass is 19.1. The minimum atomic E-state index is -0.460. The van der Waals surface area contributed by atoms with Crippen LogP contribution in [-0.2, 0) is 19.5 Å². The van der Waals surface area contributed by atoms with Crippen molar-refractivity contribution in [2.75, 3.05) is 6.54 Å². The van der Waals surface area contributed by atoms with Crippen LogP contribution in [0.25, 0.3) is 10.9 Å². The lowest BCUT2D eigenvalue weighted by atomic mass is 9.95. The van der Waals surface area contributed by atoms with Gasteiger partial charge in [0.1, 0.15) is 11.9 Å². The number of fused-ring (bicyclic) bond motifs is 2. The first-order chi connectivity index (χ1) is 18.0. The van der Waals surface area contributed by atoms with Gasteiger partial charge in [0.05, 0.1) is 6.54 Å². The highest BCUT2D eigenvalue weighted by Crippen LogP contribution is 2.32. The summed E-state index contributed by atoms with van der Waals surface area (Å²) in [5, 5.41) is 13.6. The molecule has 1 aliphatic rings. The summed E-state index contributed by atoms with van der Waals surface area (Å²) in [6, 6.07) is 20.3. The van der Waals surface area contributed by atoms with Gasteiger partial charge in [-0.15, -0.1) is 5.10 Å². The van der Waals surface area contributed by atoms with Crippen molar-refractivity contribution in [1.82, 2.24) is 30.1 Å². The number of pyridine rings is 1. The van der Waals surface area contributed by atoms with E-state index in [9.17, 15) is 9.18 Å². The molecule has 6 rings (SSSR count). The van der Waals surface area contributed by atoms with Crippen molar-refractivity contribution in [2.24, 2.45) is 0 Å². The number of aromatic amines is 1. The lowest BCUT2D eigenvalue weighted by Gasteiger charge is -2.34. The molecule has 7 nitrogen and oxygen atoms in total. The quantitative estimate of drug-likeness (QED) is 0.390. The molecular formula is C29H27FN6O. The van der Waals surface area contributed by atoms with Crippen molar-refractivity contribution in [3.05, 3.63) is 122 Å². The number of aromatic nitrogens is 5. The molecule has 0 spiro atoms. The molecule has 3 aromatic carbocycles. The van der Waals surface area contributed by atoms with Crippen molar-refractivity contribution in [3.63, 3.8) is 0 Å². The number of hydrogen-bond acceptors (Lipinski definition) is 5. The fourth-order valence-electron chi connectivity index (χ4n) is 5.22. The summed E-state index contributed by atoms with van der Waals surface area (Å²) in [5.41, 5.74) is 6.98. The Bertz CT molecular complexity index is 1660. The minimum Gasteiger partial charge on any atom is -0.322 e. The van der Waals surface area contributed by atoms with E-state index in [2.05, 4.69) is 56.6 Å². The second-order valence-corrected chi connectivity index (χ2v) is 9.79. The number of benzene rings is 3. The molecule has 37 heavy (non-hydrogen) atoms. The molecule has 1 aliphatic heterocycles. The number of nitrogens with zero attached hydrogens (tertiary/aromatic N) is 5. The third-order valence-corrected chi connectivity index (χ3v) is 7.36. The molecule has 0 saturated heterocycles. The highest BCUT2D eigenvalue weighted by Gasteiger charge is 2.32. The topological polar surface area (TPSA) is 79.7 Å². The molecule has 2 aromatic heterocycles. The zero-order valence-corrected chi connectivity index (χ0v) is 20.8. The predicted molar refractivity (Wildman–Crippen MR) is 140 cm³/mol. The summed E-state index contributed by atoms with van der Waals surface area (Å²) >= 11 is 0. The average Bonchev–Trinajstić information content (AvgIpc) is 3.34. The van der Waals surface area contributed by atoms with Gasteiger partial charge < -0.3 is 4.98 Å². The fourth-order valence-corrected chi connectivity index (χ4v) is 5.22. The van der Waals surface area contributed by atoms with Crippen LogP contribution in [0.1, 0.15) is 45.2 Å². The number of halogens is 1. The van der Waals surface area contributed by atoms with E-state index in [1.807, 2.05) is 25.1 Å². The molecule has 1 atom stereocenters. The number of nitrogens with one attached hydrogen (secondary N) is 1. The van der Waals surface area contributed by atoms with Crippen LogP contribution in [0, 0.1) is 19.7 Å². The van der Waals surface area contributed by atoms with Gasteiger partial charge >= 0.3 is 0 Å². The molecule has 0 fully saturated rings. The Hall–Kier alpha value is -4.17. The van der Waals surface area contributed by atoms with E-state index in [1.165, 1.54) is 23.3 Å². The zero-order chi connectivity index (χ0) is 25.5. The standard InChI is InChI=1S/C29H27FN6O/c1-18-13-23-15-25(29(37)31-26(23)14-19(18)2)27(35-12-11-21-5-3-4-6-22(21)17-35)28-32-33-34-36(28)16-20-7-9-24(30)10-8-20/h3-10,13-15,27H,11-12,16-17H2,1-2H3,(H,31,37)/t27-/m0/s1. The molecule has 8 heteroatoms. The first-order valence-electron chi connectivity index (χ1n) is 12.4. The molecule has 0 aliphatic carbocycles. The highest BCUT2D eigenvalue weighted by molar-refractivity contribution is 5.81. The largest absolute Gasteiger partial charge is 0.322 e. The van der Waals surface area contributed by atoms with Crippen molar-refractivity contribution < 1.29 is 4.39 Å². The number of aryl methyl sites for hydroxylation is 2. The van der Waals surface area contributed by atoms with Gasteiger partial charge in [-0.25, -0.2) is 9.07 Å². The van der Waals surface area contributed by atoms with Crippen molar-refractivity contribution in [3.8, 4) is 0 Å². The molecule has 3 heterocycles. The number of tetrazole rings is 1. The Kier molecular flexibility index (Phi) is 5.88. The fraction of sp³-hybridized carbons (Fsp3) is 0.241. The second kappa shape index (κ2) is 9.37. The SMILES string of the molecule is Cc1cc2cc([C@@H](c3nnnn3Cc3ccc(F)cc3)N3CCc4ccccc4C3)c(=O)[nH]c2cc1C. The first kappa shape index (κ1) is 23.2. The van der Waals surface area contributed by atoms with Crippen molar-refractivity contribution in [1.29, 1.82) is 0 Å². The van der Waals surface area contributed by atoms with Crippen LogP contribution in [0.2, 0.25) is 0 Å². The Labute approximate surface area is 213 Å². The summed E-state index contributed by atoms with van der Waals surface area (Å²) < 4.78 is 15.2. The van der Waals surface area contributed by atoms with Crippen LogP contribution in [0.5, 0.6) is 0 Å². The van der Waals surface area contributed by atoms with Gasteiger partial charge in [0, 0.05) is 24.2 Å². The summed E-state index contributed by atoms with van der Waals surface area (Å²) in [5.74, 6) is 0.288. The zero-order valence-electron chi connectivity index (χ0n) is 20.8. The first-order valence-corrected chi connectivity index (χ1v) is 12.4. The Balaban J connectivity index is 1.48.